The molecule has 3 aromatic heterocycles. The van der Waals surface area contributed by atoms with Gasteiger partial charge in [0.15, 0.2) is 5.82 Å². The summed E-state index contributed by atoms with van der Waals surface area (Å²) in [5.41, 5.74) is 4.33. The second-order valence-electron chi connectivity index (χ2n) is 16.0. The average Bonchev–Trinajstić information content (AvgIpc) is 3.69. The number of amides is 2. The Labute approximate surface area is 355 Å². The first-order chi connectivity index (χ1) is 28.9. The highest BCUT2D eigenvalue weighted by molar-refractivity contribution is 7.92. The van der Waals surface area contributed by atoms with Crippen molar-refractivity contribution in [1.29, 1.82) is 0 Å². The average molecular weight is 854 g/mol. The van der Waals surface area contributed by atoms with Crippen molar-refractivity contribution in [1.82, 2.24) is 30.0 Å². The third-order valence-electron chi connectivity index (χ3n) is 11.8. The number of aromatic nitrogens is 4. The zero-order chi connectivity index (χ0) is 42.0. The number of piperidine rings is 2. The van der Waals surface area contributed by atoms with E-state index < -0.39 is 15.8 Å². The van der Waals surface area contributed by atoms with Gasteiger partial charge in [-0.3, -0.25) is 29.5 Å². The van der Waals surface area contributed by atoms with Crippen molar-refractivity contribution in [3.63, 3.8) is 0 Å². The molecule has 60 heavy (non-hydrogen) atoms. The molecule has 0 aliphatic carbocycles. The van der Waals surface area contributed by atoms with E-state index >= 15 is 4.39 Å². The van der Waals surface area contributed by atoms with E-state index in [4.69, 9.17) is 21.7 Å². The molecule has 0 radical (unpaired) electrons. The van der Waals surface area contributed by atoms with Gasteiger partial charge in [-0.05, 0) is 98.7 Å². The molecule has 314 valence electrons. The molecular weight excluding hydrogens is 805 g/mol. The van der Waals surface area contributed by atoms with Gasteiger partial charge in [0, 0.05) is 104 Å². The number of carbonyl (C=O) groups excluding carboxylic acids is 2. The number of piperazine rings is 1. The number of halogens is 2. The van der Waals surface area contributed by atoms with Gasteiger partial charge in [0.25, 0.3) is 0 Å². The molecule has 3 aliphatic heterocycles. The standard InChI is InChI=1S/C44H49ClFN9O4S/c1-3-22-60(58,59)51-39-24-33(45)23-37(42(39)46)38-28-55(50-43(38)31-12-16-47-17-13-31)35-7-5-34(6-8-35)54-21-20-53(29(2)26-54)27-30-14-18-52(19-15-30)40-10-4-32(25-48-40)36-9-11-41(56)49-44(36)57/h4-8,10,12-13,16-17,23-25,28-30,36,51H,3,9,11,14-15,18-22,26-27H2,1-2H3,(H,49,56,57)/t29-,36?/m0/s1. The second-order valence-corrected chi connectivity index (χ2v) is 18.3. The number of carbonyl (C=O) groups is 2. The lowest BCUT2D eigenvalue weighted by atomic mass is 9.91. The molecule has 16 heteroatoms. The third kappa shape index (κ3) is 9.18. The summed E-state index contributed by atoms with van der Waals surface area (Å²) in [5, 5.41) is 7.51. The third-order valence-corrected chi connectivity index (χ3v) is 13.5. The maximum atomic E-state index is 16.2. The van der Waals surface area contributed by atoms with Crippen molar-refractivity contribution < 1.29 is 22.4 Å². The minimum atomic E-state index is -3.77. The fraction of sp³-hybridized carbons (Fsp3) is 0.386. The number of anilines is 3. The molecule has 5 aromatic rings. The Morgan fingerprint density at radius 2 is 1.67 bits per heavy atom. The van der Waals surface area contributed by atoms with Crippen LogP contribution in [0.25, 0.3) is 28.1 Å². The zero-order valence-electron chi connectivity index (χ0n) is 33.7. The largest absolute Gasteiger partial charge is 0.369 e. The minimum Gasteiger partial charge on any atom is -0.369 e. The summed E-state index contributed by atoms with van der Waals surface area (Å²) in [7, 11) is -3.77. The van der Waals surface area contributed by atoms with Crippen LogP contribution in [0.3, 0.4) is 0 Å². The van der Waals surface area contributed by atoms with E-state index in [-0.39, 0.29) is 39.8 Å². The van der Waals surface area contributed by atoms with Crippen LogP contribution >= 0.6 is 11.6 Å². The molecule has 2 atom stereocenters. The summed E-state index contributed by atoms with van der Waals surface area (Å²) >= 11 is 6.45. The fourth-order valence-electron chi connectivity index (χ4n) is 8.57. The van der Waals surface area contributed by atoms with Crippen LogP contribution in [0.1, 0.15) is 57.4 Å². The molecule has 2 aromatic carbocycles. The zero-order valence-corrected chi connectivity index (χ0v) is 35.3. The predicted molar refractivity (Wildman–Crippen MR) is 232 cm³/mol. The molecule has 3 fully saturated rings. The molecule has 1 unspecified atom stereocenters. The van der Waals surface area contributed by atoms with Crippen LogP contribution in [0.2, 0.25) is 5.02 Å². The molecule has 3 aliphatic rings. The monoisotopic (exact) mass is 853 g/mol. The quantitative estimate of drug-likeness (QED) is 0.127. The number of pyridine rings is 2. The Morgan fingerprint density at radius 3 is 2.35 bits per heavy atom. The molecular formula is C44H49ClFN9O4S. The highest BCUT2D eigenvalue weighted by Crippen LogP contribution is 2.38. The van der Waals surface area contributed by atoms with E-state index in [0.717, 1.165) is 80.4 Å². The van der Waals surface area contributed by atoms with Crippen LogP contribution in [0.4, 0.5) is 21.6 Å². The summed E-state index contributed by atoms with van der Waals surface area (Å²) < 4.78 is 45.4. The van der Waals surface area contributed by atoms with Crippen molar-refractivity contribution in [2.45, 2.75) is 57.9 Å². The summed E-state index contributed by atoms with van der Waals surface area (Å²) in [4.78, 5) is 40.0. The molecule has 6 heterocycles. The number of sulfonamides is 1. The molecule has 0 saturated carbocycles. The van der Waals surface area contributed by atoms with Gasteiger partial charge in [0.2, 0.25) is 21.8 Å². The SMILES string of the molecule is CCCS(=O)(=O)Nc1cc(Cl)cc(-c2cn(-c3ccc(N4CCN(CC5CCN(c6ccc(C7CCC(=O)NC7=O)cn6)CC5)[C@@H](C)C4)cc3)nc2-c2ccncc2)c1F. The molecule has 8 rings (SSSR count). The van der Waals surface area contributed by atoms with Crippen molar-refractivity contribution in [2.75, 3.05) is 59.5 Å². The van der Waals surface area contributed by atoms with Crippen molar-refractivity contribution in [3.05, 3.63) is 102 Å². The van der Waals surface area contributed by atoms with E-state index in [9.17, 15) is 18.0 Å². The molecule has 2 amide bonds. The van der Waals surface area contributed by atoms with Crippen LogP contribution in [0.15, 0.2) is 85.5 Å². The van der Waals surface area contributed by atoms with E-state index in [1.54, 1.807) is 48.5 Å². The lowest BCUT2D eigenvalue weighted by Gasteiger charge is -2.43. The van der Waals surface area contributed by atoms with Crippen molar-refractivity contribution in [2.24, 2.45) is 5.92 Å². The van der Waals surface area contributed by atoms with E-state index in [1.165, 1.54) is 12.1 Å². The normalized spacial score (nSPS) is 19.4. The molecule has 0 bridgehead atoms. The highest BCUT2D eigenvalue weighted by atomic mass is 35.5. The van der Waals surface area contributed by atoms with Crippen LogP contribution < -0.4 is 19.8 Å². The number of imide groups is 1. The molecule has 3 saturated heterocycles. The number of benzene rings is 2. The van der Waals surface area contributed by atoms with Gasteiger partial charge in [0.05, 0.1) is 23.0 Å². The van der Waals surface area contributed by atoms with Gasteiger partial charge in [-0.1, -0.05) is 24.6 Å². The van der Waals surface area contributed by atoms with Crippen LogP contribution in [0.5, 0.6) is 0 Å². The highest BCUT2D eigenvalue weighted by Gasteiger charge is 2.31. The van der Waals surface area contributed by atoms with E-state index in [2.05, 4.69) is 48.8 Å². The van der Waals surface area contributed by atoms with Gasteiger partial charge in [-0.15, -0.1) is 0 Å². The van der Waals surface area contributed by atoms with Gasteiger partial charge < -0.3 is 9.80 Å². The minimum absolute atomic E-state index is 0.124. The summed E-state index contributed by atoms with van der Waals surface area (Å²) in [6.07, 6.45) is 10.2. The lowest BCUT2D eigenvalue weighted by Crippen LogP contribution is -2.53. The van der Waals surface area contributed by atoms with Gasteiger partial charge in [-0.2, -0.15) is 5.10 Å². The van der Waals surface area contributed by atoms with Gasteiger partial charge in [0.1, 0.15) is 11.5 Å². The van der Waals surface area contributed by atoms with Gasteiger partial charge in [-0.25, -0.2) is 22.5 Å². The first kappa shape index (κ1) is 41.4. The Bertz CT molecular complexity index is 2440. The molecule has 2 N–H and O–H groups in total. The first-order valence-electron chi connectivity index (χ1n) is 20.6. The smallest absolute Gasteiger partial charge is 0.234 e. The number of hydrogen-bond acceptors (Lipinski definition) is 10. The summed E-state index contributed by atoms with van der Waals surface area (Å²) in [5.74, 6) is -0.129. The lowest BCUT2D eigenvalue weighted by molar-refractivity contribution is -0.134. The van der Waals surface area contributed by atoms with E-state index in [1.807, 2.05) is 24.3 Å². The Hall–Kier alpha value is -5.38. The topological polar surface area (TPSA) is 146 Å². The Balaban J connectivity index is 0.900. The fourth-order valence-corrected chi connectivity index (χ4v) is 9.91. The van der Waals surface area contributed by atoms with Crippen molar-refractivity contribution in [3.8, 4) is 28.1 Å². The number of nitrogens with one attached hydrogen (secondary N) is 2. The van der Waals surface area contributed by atoms with Crippen molar-refractivity contribution >= 4 is 50.6 Å². The number of nitrogens with zero attached hydrogens (tertiary/aromatic N) is 7. The number of hydrogen-bond donors (Lipinski definition) is 2. The molecule has 0 spiro atoms. The maximum Gasteiger partial charge on any atom is 0.234 e. The van der Waals surface area contributed by atoms with Crippen LogP contribution in [-0.2, 0) is 19.6 Å². The first-order valence-corrected chi connectivity index (χ1v) is 22.6. The Morgan fingerprint density at radius 1 is 0.917 bits per heavy atom. The van der Waals surface area contributed by atoms with Crippen LogP contribution in [0, 0.1) is 11.7 Å². The van der Waals surface area contributed by atoms with Crippen LogP contribution in [-0.4, -0.2) is 95.9 Å². The second kappa shape index (κ2) is 17.7. The summed E-state index contributed by atoms with van der Waals surface area (Å²) in [6, 6.07) is 18.9. The van der Waals surface area contributed by atoms with E-state index in [0.29, 0.717) is 42.5 Å². The molecule has 13 nitrogen and oxygen atoms in total. The Kier molecular flexibility index (Phi) is 12.2. The summed E-state index contributed by atoms with van der Waals surface area (Å²) in [6.45, 7) is 9.74. The van der Waals surface area contributed by atoms with Gasteiger partial charge >= 0.3 is 0 Å². The predicted octanol–water partition coefficient (Wildman–Crippen LogP) is 6.89. The number of rotatable bonds is 12. The maximum absolute atomic E-state index is 16.2.